The van der Waals surface area contributed by atoms with Crippen LogP contribution in [-0.4, -0.2) is 26.5 Å². The molecule has 0 saturated carbocycles. The molecule has 0 aliphatic carbocycles. The van der Waals surface area contributed by atoms with Crippen molar-refractivity contribution in [1.82, 2.24) is 9.55 Å². The van der Waals surface area contributed by atoms with Gasteiger partial charge in [0.1, 0.15) is 6.10 Å². The molecule has 3 aromatic rings. The van der Waals surface area contributed by atoms with Gasteiger partial charge in [0.2, 0.25) is 0 Å². The number of hydrogen-bond acceptors (Lipinski definition) is 4. The second kappa shape index (κ2) is 9.84. The lowest BCUT2D eigenvalue weighted by Gasteiger charge is -2.19. The fraction of sp³-hybridized carbons (Fsp3) is 0.167. The van der Waals surface area contributed by atoms with Gasteiger partial charge >= 0.3 is 0 Å². The van der Waals surface area contributed by atoms with Gasteiger partial charge in [0.05, 0.1) is 12.9 Å². The van der Waals surface area contributed by atoms with Crippen LogP contribution in [0.15, 0.2) is 79.4 Å². The Hall–Kier alpha value is -3.19. The summed E-state index contributed by atoms with van der Waals surface area (Å²) in [4.78, 5) is 12.4. The van der Waals surface area contributed by atoms with E-state index in [0.717, 1.165) is 6.54 Å². The predicted molar refractivity (Wildman–Crippen MR) is 91.7 cm³/mol. The highest BCUT2D eigenvalue weighted by Crippen LogP contribution is 2.25. The average molecular weight is 341 g/mol. The molecular formula is C18H19N3O4. The number of aromatic nitrogens is 2. The summed E-state index contributed by atoms with van der Waals surface area (Å²) >= 11 is 0. The van der Waals surface area contributed by atoms with Gasteiger partial charge in [-0.15, -0.1) is 10.1 Å². The van der Waals surface area contributed by atoms with Crippen molar-refractivity contribution in [3.05, 3.63) is 101 Å². The fourth-order valence-electron chi connectivity index (χ4n) is 2.34. The Bertz CT molecular complexity index is 690. The molecule has 7 nitrogen and oxygen atoms in total. The first kappa shape index (κ1) is 18.2. The molecule has 1 N–H and O–H groups in total. The van der Waals surface area contributed by atoms with Gasteiger partial charge in [0, 0.05) is 18.9 Å². The summed E-state index contributed by atoms with van der Waals surface area (Å²) in [6, 6.07) is 20.7. The van der Waals surface area contributed by atoms with E-state index in [1.807, 2.05) is 53.5 Å². The van der Waals surface area contributed by atoms with Crippen molar-refractivity contribution >= 4 is 0 Å². The van der Waals surface area contributed by atoms with Crippen LogP contribution in [0.2, 0.25) is 0 Å². The van der Waals surface area contributed by atoms with Crippen molar-refractivity contribution in [2.75, 3.05) is 6.61 Å². The van der Waals surface area contributed by atoms with Crippen molar-refractivity contribution in [2.45, 2.75) is 12.6 Å². The molecule has 3 rings (SSSR count). The number of hydrogen-bond donors (Lipinski definition) is 1. The van der Waals surface area contributed by atoms with Crippen LogP contribution in [0.1, 0.15) is 17.2 Å². The van der Waals surface area contributed by atoms with Crippen LogP contribution in [0.3, 0.4) is 0 Å². The van der Waals surface area contributed by atoms with E-state index >= 15 is 0 Å². The lowest BCUT2D eigenvalue weighted by molar-refractivity contribution is -0.742. The van der Waals surface area contributed by atoms with Gasteiger partial charge in [0.15, 0.2) is 0 Å². The molecule has 7 heteroatoms. The molecule has 0 amide bonds. The van der Waals surface area contributed by atoms with Gasteiger partial charge in [0.25, 0.3) is 5.09 Å². The second-order valence-corrected chi connectivity index (χ2v) is 5.11. The number of ether oxygens (including phenoxy) is 1. The second-order valence-electron chi connectivity index (χ2n) is 5.11. The Morgan fingerprint density at radius 2 is 1.60 bits per heavy atom. The molecule has 0 atom stereocenters. The van der Waals surface area contributed by atoms with Crippen molar-refractivity contribution in [2.24, 2.45) is 0 Å². The molecular weight excluding hydrogens is 322 g/mol. The predicted octanol–water partition coefficient (Wildman–Crippen LogP) is 3.34. The molecule has 0 bridgehead atoms. The van der Waals surface area contributed by atoms with E-state index in [4.69, 9.17) is 20.1 Å². The Kier molecular flexibility index (Phi) is 7.14. The normalized spacial score (nSPS) is 10.1. The molecule has 0 fully saturated rings. The van der Waals surface area contributed by atoms with Gasteiger partial charge in [-0.1, -0.05) is 60.7 Å². The van der Waals surface area contributed by atoms with E-state index in [2.05, 4.69) is 29.2 Å². The Balaban J connectivity index is 0.000000511. The molecule has 0 radical (unpaired) electrons. The highest BCUT2D eigenvalue weighted by atomic mass is 16.9. The quantitative estimate of drug-likeness (QED) is 0.548. The first-order chi connectivity index (χ1) is 12.2. The molecule has 2 aromatic carbocycles. The summed E-state index contributed by atoms with van der Waals surface area (Å²) in [5.74, 6) is 0. The average Bonchev–Trinajstić information content (AvgIpc) is 3.13. The van der Waals surface area contributed by atoms with E-state index in [9.17, 15) is 0 Å². The summed E-state index contributed by atoms with van der Waals surface area (Å²) in [5, 5.41) is 13.6. The van der Waals surface area contributed by atoms with E-state index in [1.54, 1.807) is 6.20 Å². The number of nitrogens with zero attached hydrogens (tertiary/aromatic N) is 3. The molecule has 0 spiro atoms. The SMILES string of the molecule is O=[N+]([O-])O.c1ccc(C(OCCn2ccnc2)c2ccccc2)cc1. The maximum atomic E-state index is 8.36. The Morgan fingerprint density at radius 3 is 2.04 bits per heavy atom. The van der Waals surface area contributed by atoms with Crippen LogP contribution in [-0.2, 0) is 11.3 Å². The van der Waals surface area contributed by atoms with Crippen molar-refractivity contribution in [1.29, 1.82) is 0 Å². The molecule has 25 heavy (non-hydrogen) atoms. The molecule has 130 valence electrons. The third kappa shape index (κ3) is 6.44. The van der Waals surface area contributed by atoms with Gasteiger partial charge in [-0.2, -0.15) is 0 Å². The lowest BCUT2D eigenvalue weighted by Crippen LogP contribution is -2.11. The van der Waals surface area contributed by atoms with Gasteiger partial charge < -0.3 is 14.5 Å². The molecule has 1 aromatic heterocycles. The fourth-order valence-corrected chi connectivity index (χ4v) is 2.34. The lowest BCUT2D eigenvalue weighted by atomic mass is 10.0. The van der Waals surface area contributed by atoms with Gasteiger partial charge in [-0.25, -0.2) is 4.98 Å². The van der Waals surface area contributed by atoms with Crippen LogP contribution in [0, 0.1) is 10.1 Å². The zero-order valence-electron chi connectivity index (χ0n) is 13.5. The van der Waals surface area contributed by atoms with Crippen LogP contribution in [0.4, 0.5) is 0 Å². The largest absolute Gasteiger partial charge is 0.367 e. The molecule has 1 heterocycles. The van der Waals surface area contributed by atoms with Crippen molar-refractivity contribution < 1.29 is 15.0 Å². The highest BCUT2D eigenvalue weighted by molar-refractivity contribution is 5.29. The minimum absolute atomic E-state index is 0.0316. The van der Waals surface area contributed by atoms with Crippen LogP contribution >= 0.6 is 0 Å². The highest BCUT2D eigenvalue weighted by Gasteiger charge is 2.13. The standard InChI is InChI=1S/C18H18N2O.HNO3/c1-3-7-16(8-4-1)18(17-9-5-2-6-10-17)21-14-13-20-12-11-19-15-20;2-1(3)4/h1-12,15,18H,13-14H2;(H,2,3,4). The van der Waals surface area contributed by atoms with E-state index < -0.39 is 5.09 Å². The summed E-state index contributed by atoms with van der Waals surface area (Å²) in [7, 11) is 0. The molecule has 0 aliphatic heterocycles. The Labute approximate surface area is 145 Å². The molecule has 0 aliphatic rings. The minimum atomic E-state index is -1.50. The first-order valence-electron chi connectivity index (χ1n) is 7.67. The summed E-state index contributed by atoms with van der Waals surface area (Å²) in [6.45, 7) is 1.45. The summed E-state index contributed by atoms with van der Waals surface area (Å²) in [6.07, 6.45) is 5.51. The first-order valence-corrected chi connectivity index (χ1v) is 7.67. The smallest absolute Gasteiger partial charge is 0.291 e. The molecule has 0 saturated heterocycles. The topological polar surface area (TPSA) is 90.4 Å². The van der Waals surface area contributed by atoms with Crippen LogP contribution in [0.5, 0.6) is 0 Å². The Morgan fingerprint density at radius 1 is 1.08 bits per heavy atom. The number of benzene rings is 2. The maximum absolute atomic E-state index is 8.36. The van der Waals surface area contributed by atoms with Crippen molar-refractivity contribution in [3.8, 4) is 0 Å². The monoisotopic (exact) mass is 341 g/mol. The van der Waals surface area contributed by atoms with E-state index in [-0.39, 0.29) is 6.10 Å². The third-order valence-electron chi connectivity index (χ3n) is 3.40. The van der Waals surface area contributed by atoms with E-state index in [0.29, 0.717) is 6.61 Å². The van der Waals surface area contributed by atoms with Crippen LogP contribution in [0.25, 0.3) is 0 Å². The van der Waals surface area contributed by atoms with Crippen LogP contribution < -0.4 is 0 Å². The van der Waals surface area contributed by atoms with Crippen molar-refractivity contribution in [3.63, 3.8) is 0 Å². The third-order valence-corrected chi connectivity index (χ3v) is 3.40. The summed E-state index contributed by atoms with van der Waals surface area (Å²) < 4.78 is 8.16. The minimum Gasteiger partial charge on any atom is -0.367 e. The van der Waals surface area contributed by atoms with Gasteiger partial charge in [-0.3, -0.25) is 0 Å². The van der Waals surface area contributed by atoms with E-state index in [1.165, 1.54) is 11.1 Å². The zero-order valence-corrected chi connectivity index (χ0v) is 13.5. The zero-order chi connectivity index (χ0) is 17.9. The maximum Gasteiger partial charge on any atom is 0.291 e. The molecule has 0 unspecified atom stereocenters. The van der Waals surface area contributed by atoms with Gasteiger partial charge in [-0.05, 0) is 11.1 Å². The number of imidazole rings is 1. The summed E-state index contributed by atoms with van der Waals surface area (Å²) in [5.41, 5.74) is 2.35. The number of rotatable bonds is 6.